The molecule has 1 aliphatic heterocycles. The van der Waals surface area contributed by atoms with Gasteiger partial charge < -0.3 is 15.1 Å². The van der Waals surface area contributed by atoms with Crippen molar-refractivity contribution in [1.29, 1.82) is 5.26 Å². The molecule has 0 spiro atoms. The number of anilines is 1. The molecule has 208 valence electrons. The second kappa shape index (κ2) is 13.3. The zero-order chi connectivity index (χ0) is 28.6. The lowest BCUT2D eigenvalue weighted by atomic mass is 9.98. The second-order valence-corrected chi connectivity index (χ2v) is 10.6. The molecule has 1 unspecified atom stereocenters. The number of nitriles is 1. The van der Waals surface area contributed by atoms with Crippen molar-refractivity contribution in [3.63, 3.8) is 0 Å². The number of likely N-dealkylation sites (tertiary alicyclic amines) is 1. The molecule has 1 aromatic heterocycles. The first-order chi connectivity index (χ1) is 19.3. The van der Waals surface area contributed by atoms with E-state index in [9.17, 15) is 14.9 Å². The molecule has 0 saturated carbocycles. The van der Waals surface area contributed by atoms with Crippen molar-refractivity contribution in [3.8, 4) is 6.07 Å². The van der Waals surface area contributed by atoms with Crippen molar-refractivity contribution >= 4 is 17.4 Å². The quantitative estimate of drug-likeness (QED) is 0.368. The zero-order valence-electron chi connectivity index (χ0n) is 23.9. The molecule has 1 atom stereocenters. The van der Waals surface area contributed by atoms with Gasteiger partial charge in [0.2, 0.25) is 0 Å². The molecule has 2 heterocycles. The summed E-state index contributed by atoms with van der Waals surface area (Å²) >= 11 is 0. The molecule has 0 radical (unpaired) electrons. The van der Waals surface area contributed by atoms with E-state index in [1.807, 2.05) is 56.3 Å². The molecule has 1 N–H and O–H groups in total. The standard InChI is InChI=1S/C32H38N6O2/c1-22(12-15-34-32(40)31-23(2)35-21-36-24(31)3)37-16-13-30(14-17-37)38(20-27-7-5-6-26(18-27)19-33)29-10-8-28(9-11-29)25(4)39/h5-11,18,21-22,30H,12-17,20H2,1-4H3,(H,34,40). The smallest absolute Gasteiger partial charge is 0.254 e. The Kier molecular flexibility index (Phi) is 9.62. The molecule has 1 saturated heterocycles. The number of Topliss-reactive ketones (excluding diaryl/α,β-unsaturated/α-hetero) is 1. The highest BCUT2D eigenvalue weighted by molar-refractivity contribution is 5.96. The van der Waals surface area contributed by atoms with Gasteiger partial charge in [-0.05, 0) is 88.9 Å². The Morgan fingerprint density at radius 3 is 2.40 bits per heavy atom. The Morgan fingerprint density at radius 2 is 1.77 bits per heavy atom. The van der Waals surface area contributed by atoms with Crippen molar-refractivity contribution < 1.29 is 9.59 Å². The summed E-state index contributed by atoms with van der Waals surface area (Å²) < 4.78 is 0. The monoisotopic (exact) mass is 538 g/mol. The van der Waals surface area contributed by atoms with E-state index in [-0.39, 0.29) is 11.7 Å². The van der Waals surface area contributed by atoms with Gasteiger partial charge in [-0.15, -0.1) is 0 Å². The molecule has 8 nitrogen and oxygen atoms in total. The maximum atomic E-state index is 12.7. The lowest BCUT2D eigenvalue weighted by molar-refractivity contribution is 0.0942. The van der Waals surface area contributed by atoms with Gasteiger partial charge in [-0.3, -0.25) is 9.59 Å². The maximum absolute atomic E-state index is 12.7. The van der Waals surface area contributed by atoms with Crippen LogP contribution < -0.4 is 10.2 Å². The molecule has 40 heavy (non-hydrogen) atoms. The average Bonchev–Trinajstić information content (AvgIpc) is 2.96. The van der Waals surface area contributed by atoms with Crippen LogP contribution >= 0.6 is 0 Å². The summed E-state index contributed by atoms with van der Waals surface area (Å²) in [5.41, 5.74) is 5.49. The predicted octanol–water partition coefficient (Wildman–Crippen LogP) is 4.85. The molecule has 2 aromatic carbocycles. The third-order valence-electron chi connectivity index (χ3n) is 7.88. The van der Waals surface area contributed by atoms with E-state index in [4.69, 9.17) is 0 Å². The van der Waals surface area contributed by atoms with E-state index >= 15 is 0 Å². The van der Waals surface area contributed by atoms with Crippen molar-refractivity contribution in [2.45, 2.75) is 65.6 Å². The minimum Gasteiger partial charge on any atom is -0.364 e. The van der Waals surface area contributed by atoms with Crippen LogP contribution in [0.4, 0.5) is 5.69 Å². The summed E-state index contributed by atoms with van der Waals surface area (Å²) in [6, 6.07) is 18.5. The van der Waals surface area contributed by atoms with Gasteiger partial charge in [0.25, 0.3) is 5.91 Å². The number of carbonyl (C=O) groups excluding carboxylic acids is 2. The largest absolute Gasteiger partial charge is 0.364 e. The zero-order valence-corrected chi connectivity index (χ0v) is 23.9. The third-order valence-corrected chi connectivity index (χ3v) is 7.88. The number of aromatic nitrogens is 2. The van der Waals surface area contributed by atoms with Gasteiger partial charge in [-0.25, -0.2) is 9.97 Å². The third kappa shape index (κ3) is 7.10. The fourth-order valence-corrected chi connectivity index (χ4v) is 5.48. The summed E-state index contributed by atoms with van der Waals surface area (Å²) in [6.45, 7) is 10.7. The summed E-state index contributed by atoms with van der Waals surface area (Å²) in [4.78, 5) is 37.7. The first kappa shape index (κ1) is 28.9. The molecule has 0 aliphatic carbocycles. The number of hydrogen-bond acceptors (Lipinski definition) is 7. The van der Waals surface area contributed by atoms with Crippen molar-refractivity contribution in [2.75, 3.05) is 24.5 Å². The van der Waals surface area contributed by atoms with Crippen LogP contribution in [0.5, 0.6) is 0 Å². The SMILES string of the molecule is CC(=O)c1ccc(N(Cc2cccc(C#N)c2)C2CCN(C(C)CCNC(=O)c3c(C)ncnc3C)CC2)cc1. The number of rotatable bonds is 10. The lowest BCUT2D eigenvalue weighted by Crippen LogP contribution is -2.48. The minimum atomic E-state index is -0.117. The maximum Gasteiger partial charge on any atom is 0.254 e. The number of nitrogens with one attached hydrogen (secondary N) is 1. The van der Waals surface area contributed by atoms with E-state index in [1.54, 1.807) is 6.92 Å². The normalized spacial score (nSPS) is 14.8. The van der Waals surface area contributed by atoms with E-state index in [0.717, 1.165) is 43.6 Å². The summed E-state index contributed by atoms with van der Waals surface area (Å²) in [5, 5.41) is 12.4. The van der Waals surface area contributed by atoms with Gasteiger partial charge in [0.05, 0.1) is 28.6 Å². The van der Waals surface area contributed by atoms with Gasteiger partial charge in [-0.2, -0.15) is 5.26 Å². The molecule has 1 amide bonds. The van der Waals surface area contributed by atoms with E-state index in [0.29, 0.717) is 53.3 Å². The van der Waals surface area contributed by atoms with Gasteiger partial charge in [0, 0.05) is 49.5 Å². The summed E-state index contributed by atoms with van der Waals surface area (Å²) in [5.74, 6) is -0.0610. The van der Waals surface area contributed by atoms with Crippen LogP contribution in [0.3, 0.4) is 0 Å². The predicted molar refractivity (Wildman–Crippen MR) is 156 cm³/mol. The molecule has 4 rings (SSSR count). The van der Waals surface area contributed by atoms with Crippen LogP contribution in [-0.2, 0) is 6.54 Å². The summed E-state index contributed by atoms with van der Waals surface area (Å²) in [7, 11) is 0. The van der Waals surface area contributed by atoms with Crippen LogP contribution in [0.2, 0.25) is 0 Å². The minimum absolute atomic E-state index is 0.0562. The Bertz CT molecular complexity index is 1350. The number of piperidine rings is 1. The molecule has 8 heteroatoms. The van der Waals surface area contributed by atoms with Crippen LogP contribution in [0.15, 0.2) is 54.9 Å². The molecular formula is C32H38N6O2. The molecular weight excluding hydrogens is 500 g/mol. The number of aryl methyl sites for hydroxylation is 2. The fraction of sp³-hybridized carbons (Fsp3) is 0.406. The first-order valence-corrected chi connectivity index (χ1v) is 13.9. The topological polar surface area (TPSA) is 102 Å². The van der Waals surface area contributed by atoms with Crippen LogP contribution in [0, 0.1) is 25.2 Å². The van der Waals surface area contributed by atoms with Gasteiger partial charge in [-0.1, -0.05) is 12.1 Å². The molecule has 0 bridgehead atoms. The number of carbonyl (C=O) groups is 2. The van der Waals surface area contributed by atoms with Crippen molar-refractivity contribution in [3.05, 3.63) is 88.5 Å². The highest BCUT2D eigenvalue weighted by Gasteiger charge is 2.27. The lowest BCUT2D eigenvalue weighted by Gasteiger charge is -2.42. The molecule has 1 aliphatic rings. The highest BCUT2D eigenvalue weighted by Crippen LogP contribution is 2.28. The van der Waals surface area contributed by atoms with Crippen LogP contribution in [0.1, 0.15) is 76.3 Å². The highest BCUT2D eigenvalue weighted by atomic mass is 16.1. The van der Waals surface area contributed by atoms with Crippen LogP contribution in [-0.4, -0.2) is 58.3 Å². The summed E-state index contributed by atoms with van der Waals surface area (Å²) in [6.07, 6.45) is 4.35. The number of benzene rings is 2. The fourth-order valence-electron chi connectivity index (χ4n) is 5.48. The van der Waals surface area contributed by atoms with Crippen molar-refractivity contribution in [1.82, 2.24) is 20.2 Å². The number of ketones is 1. The van der Waals surface area contributed by atoms with Gasteiger partial charge >= 0.3 is 0 Å². The van der Waals surface area contributed by atoms with E-state index < -0.39 is 0 Å². The molecule has 3 aromatic rings. The van der Waals surface area contributed by atoms with Gasteiger partial charge in [0.15, 0.2) is 5.78 Å². The van der Waals surface area contributed by atoms with Crippen LogP contribution in [0.25, 0.3) is 0 Å². The second-order valence-electron chi connectivity index (χ2n) is 10.6. The van der Waals surface area contributed by atoms with E-state index in [2.05, 4.69) is 44.1 Å². The van der Waals surface area contributed by atoms with E-state index in [1.165, 1.54) is 6.33 Å². The Morgan fingerprint density at radius 1 is 1.10 bits per heavy atom. The molecule has 1 fully saturated rings. The number of amides is 1. The average molecular weight is 539 g/mol. The van der Waals surface area contributed by atoms with Crippen molar-refractivity contribution in [2.24, 2.45) is 0 Å². The number of hydrogen-bond donors (Lipinski definition) is 1. The number of nitrogens with zero attached hydrogens (tertiary/aromatic N) is 5. The van der Waals surface area contributed by atoms with Gasteiger partial charge in [0.1, 0.15) is 6.33 Å². The Balaban J connectivity index is 1.37. The Hall–Kier alpha value is -4.09. The first-order valence-electron chi connectivity index (χ1n) is 13.9. The Labute approximate surface area is 237 Å².